The summed E-state index contributed by atoms with van der Waals surface area (Å²) in [6, 6.07) is 15.3. The number of nitrogens with zero attached hydrogens (tertiary/aromatic N) is 1. The van der Waals surface area contributed by atoms with Gasteiger partial charge in [-0.3, -0.25) is 4.79 Å². The molecule has 2 aliphatic heterocycles. The third kappa shape index (κ3) is 3.61. The van der Waals surface area contributed by atoms with Crippen LogP contribution in [0.1, 0.15) is 18.1 Å². The first kappa shape index (κ1) is 18.8. The lowest BCUT2D eigenvalue weighted by Gasteiger charge is -2.17. The second kappa shape index (κ2) is 7.83. The van der Waals surface area contributed by atoms with Gasteiger partial charge in [-0.25, -0.2) is 4.79 Å². The first-order valence-electron chi connectivity index (χ1n) is 9.35. The Balaban J connectivity index is 1.65. The van der Waals surface area contributed by atoms with E-state index in [0.717, 1.165) is 11.1 Å². The van der Waals surface area contributed by atoms with Gasteiger partial charge in [-0.1, -0.05) is 36.4 Å². The molecular weight excluding hydrogens is 370 g/mol. The summed E-state index contributed by atoms with van der Waals surface area (Å²) in [6.45, 7) is 2.43. The molecule has 0 aliphatic carbocycles. The second-order valence-electron chi connectivity index (χ2n) is 6.82. The van der Waals surface area contributed by atoms with Gasteiger partial charge in [0.1, 0.15) is 0 Å². The molecule has 6 heteroatoms. The van der Waals surface area contributed by atoms with E-state index >= 15 is 0 Å². The van der Waals surface area contributed by atoms with E-state index in [1.54, 1.807) is 30.0 Å². The average Bonchev–Trinajstić information content (AvgIpc) is 3.29. The molecule has 0 N–H and O–H groups in total. The molecule has 2 heterocycles. The molecule has 2 aromatic carbocycles. The summed E-state index contributed by atoms with van der Waals surface area (Å²) in [5.41, 5.74) is 3.09. The normalized spacial score (nSPS) is 16.7. The van der Waals surface area contributed by atoms with Crippen LogP contribution in [0.3, 0.4) is 0 Å². The van der Waals surface area contributed by atoms with E-state index in [0.29, 0.717) is 41.3 Å². The highest BCUT2D eigenvalue weighted by Gasteiger charge is 2.36. The Morgan fingerprint density at radius 1 is 1.14 bits per heavy atom. The molecule has 148 valence electrons. The Labute approximate surface area is 169 Å². The fourth-order valence-corrected chi connectivity index (χ4v) is 3.55. The fourth-order valence-electron chi connectivity index (χ4n) is 3.55. The minimum absolute atomic E-state index is 0.175. The Morgan fingerprint density at radius 3 is 2.66 bits per heavy atom. The van der Waals surface area contributed by atoms with Crippen LogP contribution in [-0.4, -0.2) is 37.2 Å². The van der Waals surface area contributed by atoms with Crippen LogP contribution in [0, 0.1) is 0 Å². The van der Waals surface area contributed by atoms with Gasteiger partial charge in [-0.15, -0.1) is 0 Å². The number of benzene rings is 2. The van der Waals surface area contributed by atoms with Gasteiger partial charge in [0.05, 0.1) is 18.3 Å². The van der Waals surface area contributed by atoms with Crippen LogP contribution in [0.5, 0.6) is 11.5 Å². The van der Waals surface area contributed by atoms with Gasteiger partial charge in [0.2, 0.25) is 6.79 Å². The summed E-state index contributed by atoms with van der Waals surface area (Å²) in [5, 5.41) is 0. The van der Waals surface area contributed by atoms with E-state index in [1.807, 2.05) is 36.4 Å². The monoisotopic (exact) mass is 391 g/mol. The molecule has 4 rings (SSSR count). The molecule has 2 aromatic rings. The van der Waals surface area contributed by atoms with E-state index in [1.165, 1.54) is 7.11 Å². The zero-order valence-electron chi connectivity index (χ0n) is 16.3. The molecule has 2 aliphatic rings. The number of allylic oxidation sites excluding steroid dienone is 1. The van der Waals surface area contributed by atoms with Gasteiger partial charge in [0.25, 0.3) is 5.91 Å². The van der Waals surface area contributed by atoms with Crippen molar-refractivity contribution in [2.75, 3.05) is 20.4 Å². The molecule has 0 aromatic heterocycles. The second-order valence-corrected chi connectivity index (χ2v) is 6.82. The third-order valence-electron chi connectivity index (χ3n) is 5.08. The molecule has 0 atom stereocenters. The molecule has 29 heavy (non-hydrogen) atoms. The van der Waals surface area contributed by atoms with Crippen molar-refractivity contribution >= 4 is 18.0 Å². The summed E-state index contributed by atoms with van der Waals surface area (Å²) < 4.78 is 15.7. The molecule has 1 amide bonds. The smallest absolute Gasteiger partial charge is 0.340 e. The molecule has 0 unspecified atom stereocenters. The molecule has 6 nitrogen and oxygen atoms in total. The summed E-state index contributed by atoms with van der Waals surface area (Å²) in [7, 11) is 1.32. The maximum Gasteiger partial charge on any atom is 0.340 e. The maximum absolute atomic E-state index is 13.2. The van der Waals surface area contributed by atoms with Crippen LogP contribution in [0.15, 0.2) is 65.4 Å². The highest BCUT2D eigenvalue weighted by Crippen LogP contribution is 2.35. The molecule has 0 radical (unpaired) electrons. The minimum Gasteiger partial charge on any atom is -0.465 e. The standard InChI is InChI=1S/C23H21NO5/c1-15-21(23(26)27-2)18(12-17-8-9-19-20(13-17)29-14-28-19)22(25)24(15)11-10-16-6-4-3-5-7-16/h3-9,12-13H,10-11,14H2,1-2H3. The van der Waals surface area contributed by atoms with Crippen molar-refractivity contribution in [1.82, 2.24) is 4.90 Å². The van der Waals surface area contributed by atoms with Gasteiger partial charge in [0, 0.05) is 12.2 Å². The molecule has 0 bridgehead atoms. The fraction of sp³-hybridized carbons (Fsp3) is 0.217. The summed E-state index contributed by atoms with van der Waals surface area (Å²) in [6.07, 6.45) is 2.39. The van der Waals surface area contributed by atoms with Gasteiger partial charge in [0.15, 0.2) is 11.5 Å². The lowest BCUT2D eigenvalue weighted by atomic mass is 10.0. The van der Waals surface area contributed by atoms with Crippen molar-refractivity contribution in [3.05, 3.63) is 76.5 Å². The first-order chi connectivity index (χ1) is 14.1. The van der Waals surface area contributed by atoms with Crippen molar-refractivity contribution in [2.24, 2.45) is 0 Å². The Morgan fingerprint density at radius 2 is 1.90 bits per heavy atom. The number of carbonyl (C=O) groups is 2. The van der Waals surface area contributed by atoms with Gasteiger partial charge < -0.3 is 19.1 Å². The predicted octanol–water partition coefficient (Wildman–Crippen LogP) is 3.33. The highest BCUT2D eigenvalue weighted by molar-refractivity contribution is 6.16. The van der Waals surface area contributed by atoms with Crippen molar-refractivity contribution in [3.8, 4) is 11.5 Å². The average molecular weight is 391 g/mol. The lowest BCUT2D eigenvalue weighted by molar-refractivity contribution is -0.136. The number of methoxy groups -OCH3 is 1. The van der Waals surface area contributed by atoms with Gasteiger partial charge >= 0.3 is 5.97 Å². The number of esters is 1. The van der Waals surface area contributed by atoms with Crippen molar-refractivity contribution in [2.45, 2.75) is 13.3 Å². The van der Waals surface area contributed by atoms with Crippen molar-refractivity contribution in [3.63, 3.8) is 0 Å². The summed E-state index contributed by atoms with van der Waals surface area (Å²) in [5.74, 6) is 0.543. The topological polar surface area (TPSA) is 65.1 Å². The number of rotatable bonds is 5. The van der Waals surface area contributed by atoms with Crippen LogP contribution in [0.4, 0.5) is 0 Å². The van der Waals surface area contributed by atoms with Crippen LogP contribution < -0.4 is 9.47 Å². The first-order valence-corrected chi connectivity index (χ1v) is 9.35. The number of ether oxygens (including phenoxy) is 3. The van der Waals surface area contributed by atoms with E-state index in [9.17, 15) is 9.59 Å². The summed E-state index contributed by atoms with van der Waals surface area (Å²) >= 11 is 0. The number of carbonyl (C=O) groups excluding carboxylic acids is 2. The number of hydrogen-bond donors (Lipinski definition) is 0. The zero-order valence-corrected chi connectivity index (χ0v) is 16.3. The molecular formula is C23H21NO5. The van der Waals surface area contributed by atoms with E-state index in [-0.39, 0.29) is 12.7 Å². The molecule has 0 fully saturated rings. The molecule has 0 saturated carbocycles. The third-order valence-corrected chi connectivity index (χ3v) is 5.08. The van der Waals surface area contributed by atoms with E-state index in [2.05, 4.69) is 0 Å². The van der Waals surface area contributed by atoms with Crippen LogP contribution in [0.2, 0.25) is 0 Å². The highest BCUT2D eigenvalue weighted by atomic mass is 16.7. The van der Waals surface area contributed by atoms with E-state index in [4.69, 9.17) is 14.2 Å². The maximum atomic E-state index is 13.2. The number of hydrogen-bond acceptors (Lipinski definition) is 5. The van der Waals surface area contributed by atoms with Crippen LogP contribution >= 0.6 is 0 Å². The Bertz CT molecular complexity index is 1020. The van der Waals surface area contributed by atoms with E-state index < -0.39 is 5.97 Å². The summed E-state index contributed by atoms with van der Waals surface area (Å²) in [4.78, 5) is 27.2. The Kier molecular flexibility index (Phi) is 5.08. The minimum atomic E-state index is -0.523. The number of fused-ring (bicyclic) bond motifs is 1. The van der Waals surface area contributed by atoms with Crippen LogP contribution in [0.25, 0.3) is 6.08 Å². The SMILES string of the molecule is COC(=O)C1=C(C)N(CCc2ccccc2)C(=O)C1=Cc1ccc2c(c1)OCO2. The Hall–Kier alpha value is -3.54. The predicted molar refractivity (Wildman–Crippen MR) is 107 cm³/mol. The van der Waals surface area contributed by atoms with Gasteiger partial charge in [-0.2, -0.15) is 0 Å². The quantitative estimate of drug-likeness (QED) is 0.578. The largest absolute Gasteiger partial charge is 0.465 e. The lowest BCUT2D eigenvalue weighted by Crippen LogP contribution is -2.27. The molecule has 0 spiro atoms. The van der Waals surface area contributed by atoms with Crippen LogP contribution in [-0.2, 0) is 20.7 Å². The van der Waals surface area contributed by atoms with Gasteiger partial charge in [-0.05, 0) is 42.7 Å². The van der Waals surface area contributed by atoms with Crippen molar-refractivity contribution < 1.29 is 23.8 Å². The zero-order chi connectivity index (χ0) is 20.4. The molecule has 0 saturated heterocycles. The number of amides is 1. The van der Waals surface area contributed by atoms with Crippen molar-refractivity contribution in [1.29, 1.82) is 0 Å².